The normalized spacial score (nSPS) is 10.4. The average molecular weight is 261 g/mol. The van der Waals surface area contributed by atoms with Crippen molar-refractivity contribution in [1.82, 2.24) is 0 Å². The fourth-order valence-electron chi connectivity index (χ4n) is 2.27. The number of aryl methyl sites for hydroxylation is 2. The van der Waals surface area contributed by atoms with Crippen molar-refractivity contribution in [3.8, 4) is 5.75 Å². The maximum absolute atomic E-state index is 10.4. The lowest BCUT2D eigenvalue weighted by molar-refractivity contribution is 0.439. The number of benzene rings is 1. The molecule has 1 aromatic rings. The van der Waals surface area contributed by atoms with Crippen molar-refractivity contribution in [1.29, 1.82) is 0 Å². The molecule has 0 aliphatic carbocycles. The van der Waals surface area contributed by atoms with Crippen molar-refractivity contribution in [2.75, 3.05) is 0 Å². The molecule has 0 atom stereocenters. The molecule has 0 bridgehead atoms. The Morgan fingerprint density at radius 2 is 1.68 bits per heavy atom. The number of hydrogen-bond donors (Lipinski definition) is 0. The summed E-state index contributed by atoms with van der Waals surface area (Å²) in [5.74, 6) is 0.672. The van der Waals surface area contributed by atoms with E-state index in [-0.39, 0.29) is 0 Å². The van der Waals surface area contributed by atoms with Crippen LogP contribution in [0, 0.1) is 0 Å². The minimum Gasteiger partial charge on any atom is -0.418 e. The third-order valence-corrected chi connectivity index (χ3v) is 3.40. The number of hydrogen-bond acceptors (Lipinski definition) is 2. The molecule has 105 valence electrons. The summed E-state index contributed by atoms with van der Waals surface area (Å²) in [6, 6.07) is 6.16. The van der Waals surface area contributed by atoms with Crippen LogP contribution < -0.4 is 4.74 Å². The van der Waals surface area contributed by atoms with Crippen LogP contribution in [0.15, 0.2) is 18.2 Å². The van der Waals surface area contributed by atoms with Gasteiger partial charge < -0.3 is 4.74 Å². The molecule has 1 rings (SSSR count). The summed E-state index contributed by atoms with van der Waals surface area (Å²) >= 11 is 0. The van der Waals surface area contributed by atoms with Crippen LogP contribution >= 0.6 is 0 Å². The first-order chi connectivity index (χ1) is 9.31. The first-order valence-electron chi connectivity index (χ1n) is 7.47. The zero-order chi connectivity index (χ0) is 13.9. The van der Waals surface area contributed by atoms with E-state index in [0.717, 1.165) is 24.8 Å². The Balaban J connectivity index is 2.69. The van der Waals surface area contributed by atoms with Crippen molar-refractivity contribution in [3.63, 3.8) is 0 Å². The lowest BCUT2D eigenvalue weighted by atomic mass is 10.0. The molecule has 0 aliphatic heterocycles. The van der Waals surface area contributed by atoms with Crippen molar-refractivity contribution >= 4 is 6.47 Å². The highest BCUT2D eigenvalue weighted by Crippen LogP contribution is 2.23. The summed E-state index contributed by atoms with van der Waals surface area (Å²) in [5, 5.41) is 0. The Morgan fingerprint density at radius 1 is 1.00 bits per heavy atom. The molecule has 0 saturated heterocycles. The van der Waals surface area contributed by atoms with Gasteiger partial charge in [-0.2, -0.15) is 0 Å². The van der Waals surface area contributed by atoms with E-state index in [4.69, 9.17) is 4.74 Å². The summed E-state index contributed by atoms with van der Waals surface area (Å²) in [4.78, 5) is 10.4. The molecular weight excluding hydrogens is 236 g/mol. The molecule has 0 aromatic heterocycles. The Labute approximate surface area is 117 Å². The van der Waals surface area contributed by atoms with Crippen molar-refractivity contribution in [2.24, 2.45) is 0 Å². The smallest absolute Gasteiger partial charge is 0.418 e. The van der Waals surface area contributed by atoms with Crippen LogP contribution in [0.1, 0.15) is 63.5 Å². The Kier molecular flexibility index (Phi) is 7.95. The van der Waals surface area contributed by atoms with Gasteiger partial charge >= 0.3 is 6.47 Å². The van der Waals surface area contributed by atoms with Crippen LogP contribution in [0.3, 0.4) is 0 Å². The fourth-order valence-corrected chi connectivity index (χ4v) is 2.27. The van der Waals surface area contributed by atoms with Crippen LogP contribution in [0.2, 0.25) is 0 Å². The molecule has 0 saturated carbocycles. The van der Waals surface area contributed by atoms with Gasteiger partial charge in [-0.3, -0.25) is 0 Å². The molecule has 2 heteroatoms. The summed E-state index contributed by atoms with van der Waals surface area (Å²) in [7, 11) is 0. The van der Waals surface area contributed by atoms with E-state index in [1.165, 1.54) is 44.1 Å². The van der Waals surface area contributed by atoms with Gasteiger partial charge in [0.2, 0.25) is 0 Å². The van der Waals surface area contributed by atoms with E-state index in [0.29, 0.717) is 5.75 Å². The van der Waals surface area contributed by atoms with Gasteiger partial charge in [0.1, 0.15) is 5.75 Å². The molecule has 0 N–H and O–H groups in total. The lowest BCUT2D eigenvalue weighted by Crippen LogP contribution is -1.97. The van der Waals surface area contributed by atoms with Gasteiger partial charge in [-0.25, -0.2) is 4.79 Å². The van der Waals surface area contributed by atoms with E-state index < -0.39 is 0 Å². The summed E-state index contributed by atoms with van der Waals surface area (Å²) in [5.41, 5.74) is 2.49. The van der Waals surface area contributed by atoms with Gasteiger partial charge in [-0.1, -0.05) is 51.7 Å². The lowest BCUT2D eigenvalue weighted by Gasteiger charge is -2.09. The average Bonchev–Trinajstić information content (AvgIpc) is 2.42. The maximum Gasteiger partial charge on any atom is 0.423 e. The molecule has 2 nitrogen and oxygen atoms in total. The molecule has 0 heterocycles. The standard InChI is InChI=1S/C17H25O2/c1-3-5-7-9-15-11-12-17(19-14-18)16(13-15)10-8-6-4-2/h11-13H,3-10H2,1-2H3. The first-order valence-corrected chi connectivity index (χ1v) is 7.47. The molecule has 0 unspecified atom stereocenters. The van der Waals surface area contributed by atoms with Crippen LogP contribution in [0.5, 0.6) is 5.75 Å². The Morgan fingerprint density at radius 3 is 2.32 bits per heavy atom. The van der Waals surface area contributed by atoms with Gasteiger partial charge in [0.05, 0.1) is 0 Å². The number of carbonyl (C=O) groups excluding carboxylic acids is 1. The summed E-state index contributed by atoms with van der Waals surface area (Å²) in [6.45, 7) is 5.94. The van der Waals surface area contributed by atoms with Gasteiger partial charge in [0.15, 0.2) is 0 Å². The quantitative estimate of drug-likeness (QED) is 0.575. The summed E-state index contributed by atoms with van der Waals surface area (Å²) in [6.07, 6.45) is 9.38. The topological polar surface area (TPSA) is 26.3 Å². The minimum absolute atomic E-state index is 0.672. The van der Waals surface area contributed by atoms with E-state index in [9.17, 15) is 4.79 Å². The maximum atomic E-state index is 10.4. The molecule has 1 radical (unpaired) electrons. The van der Waals surface area contributed by atoms with Gasteiger partial charge in [-0.05, 0) is 42.9 Å². The molecule has 19 heavy (non-hydrogen) atoms. The highest BCUT2D eigenvalue weighted by Gasteiger charge is 2.06. The van der Waals surface area contributed by atoms with E-state index >= 15 is 0 Å². The first kappa shape index (κ1) is 15.7. The van der Waals surface area contributed by atoms with E-state index in [1.807, 2.05) is 6.07 Å². The number of rotatable bonds is 10. The number of ether oxygens (including phenoxy) is 1. The van der Waals surface area contributed by atoms with Crippen LogP contribution in [-0.4, -0.2) is 6.47 Å². The largest absolute Gasteiger partial charge is 0.423 e. The SMILES string of the molecule is CCCCCc1ccc(O[C]=O)c(CCCCC)c1. The van der Waals surface area contributed by atoms with Crippen LogP contribution in [-0.2, 0) is 17.6 Å². The van der Waals surface area contributed by atoms with Gasteiger partial charge in [0, 0.05) is 0 Å². The third kappa shape index (κ3) is 5.91. The van der Waals surface area contributed by atoms with Crippen molar-refractivity contribution in [2.45, 2.75) is 65.2 Å². The zero-order valence-electron chi connectivity index (χ0n) is 12.2. The highest BCUT2D eigenvalue weighted by molar-refractivity contribution is 5.49. The van der Waals surface area contributed by atoms with Gasteiger partial charge in [-0.15, -0.1) is 0 Å². The monoisotopic (exact) mass is 261 g/mol. The minimum atomic E-state index is 0.672. The molecular formula is C17H25O2. The molecule has 0 spiro atoms. The van der Waals surface area contributed by atoms with E-state index in [2.05, 4.69) is 26.0 Å². The van der Waals surface area contributed by atoms with Crippen LogP contribution in [0.4, 0.5) is 0 Å². The van der Waals surface area contributed by atoms with Crippen molar-refractivity contribution in [3.05, 3.63) is 29.3 Å². The van der Waals surface area contributed by atoms with Crippen molar-refractivity contribution < 1.29 is 9.53 Å². The molecule has 0 aliphatic rings. The second-order valence-electron chi connectivity index (χ2n) is 5.04. The molecule has 1 aromatic carbocycles. The second kappa shape index (κ2) is 9.60. The second-order valence-corrected chi connectivity index (χ2v) is 5.04. The predicted octanol–water partition coefficient (Wildman–Crippen LogP) is 4.60. The summed E-state index contributed by atoms with van der Waals surface area (Å²) < 4.78 is 4.94. The number of unbranched alkanes of at least 4 members (excludes halogenated alkanes) is 4. The van der Waals surface area contributed by atoms with Crippen LogP contribution in [0.25, 0.3) is 0 Å². The Hall–Kier alpha value is -1.31. The zero-order valence-corrected chi connectivity index (χ0v) is 12.2. The third-order valence-electron chi connectivity index (χ3n) is 3.40. The van der Waals surface area contributed by atoms with Gasteiger partial charge in [0.25, 0.3) is 0 Å². The fraction of sp³-hybridized carbons (Fsp3) is 0.588. The Bertz CT molecular complexity index is 372. The highest BCUT2D eigenvalue weighted by atomic mass is 16.5. The van der Waals surface area contributed by atoms with E-state index in [1.54, 1.807) is 0 Å². The molecule has 0 amide bonds. The predicted molar refractivity (Wildman–Crippen MR) is 79.2 cm³/mol. The molecule has 0 fully saturated rings.